The minimum atomic E-state index is -0.918. The van der Waals surface area contributed by atoms with Gasteiger partial charge >= 0.3 is 5.97 Å². The summed E-state index contributed by atoms with van der Waals surface area (Å²) in [5, 5.41) is 11.9. The van der Waals surface area contributed by atoms with Crippen molar-refractivity contribution in [2.24, 2.45) is 0 Å². The Bertz CT molecular complexity index is 432. The summed E-state index contributed by atoms with van der Waals surface area (Å²) in [6, 6.07) is 4.86. The molecule has 0 aliphatic carbocycles. The average Bonchev–Trinajstić information content (AvgIpc) is 2.23. The SMILES string of the molecule is C#CCNC(C(=O)O)c1ccc(C)c(C)c1. The Labute approximate surface area is 95.5 Å². The highest BCUT2D eigenvalue weighted by Gasteiger charge is 2.18. The predicted molar refractivity (Wildman–Crippen MR) is 63.1 cm³/mol. The molecular formula is C13H15NO2. The van der Waals surface area contributed by atoms with E-state index in [9.17, 15) is 4.79 Å². The van der Waals surface area contributed by atoms with Gasteiger partial charge in [-0.1, -0.05) is 24.1 Å². The molecule has 1 atom stereocenters. The van der Waals surface area contributed by atoms with Crippen molar-refractivity contribution in [1.82, 2.24) is 5.32 Å². The molecule has 0 saturated carbocycles. The topological polar surface area (TPSA) is 49.3 Å². The summed E-state index contributed by atoms with van der Waals surface area (Å²) in [7, 11) is 0. The maximum Gasteiger partial charge on any atom is 0.325 e. The standard InChI is InChI=1S/C13H15NO2/c1-4-7-14-12(13(15)16)11-6-5-9(2)10(3)8-11/h1,5-6,8,12,14H,7H2,2-3H3,(H,15,16). The van der Waals surface area contributed by atoms with E-state index in [0.29, 0.717) is 0 Å². The second-order valence-electron chi connectivity index (χ2n) is 3.70. The summed E-state index contributed by atoms with van der Waals surface area (Å²) in [5.74, 6) is 1.46. The quantitative estimate of drug-likeness (QED) is 0.754. The fraction of sp³-hybridized carbons (Fsp3) is 0.308. The first-order chi connectivity index (χ1) is 7.56. The molecule has 0 saturated heterocycles. The van der Waals surface area contributed by atoms with E-state index in [1.165, 1.54) is 0 Å². The summed E-state index contributed by atoms with van der Waals surface area (Å²) < 4.78 is 0. The molecule has 0 aliphatic rings. The molecule has 84 valence electrons. The second kappa shape index (κ2) is 5.34. The molecule has 0 heterocycles. The minimum absolute atomic E-state index is 0.240. The zero-order chi connectivity index (χ0) is 12.1. The van der Waals surface area contributed by atoms with Gasteiger partial charge < -0.3 is 5.11 Å². The summed E-state index contributed by atoms with van der Waals surface area (Å²) in [6.07, 6.45) is 5.10. The summed E-state index contributed by atoms with van der Waals surface area (Å²) in [5.41, 5.74) is 2.95. The van der Waals surface area contributed by atoms with Crippen LogP contribution in [0.25, 0.3) is 0 Å². The molecule has 3 heteroatoms. The van der Waals surface area contributed by atoms with Crippen molar-refractivity contribution >= 4 is 5.97 Å². The van der Waals surface area contributed by atoms with E-state index >= 15 is 0 Å². The van der Waals surface area contributed by atoms with Crippen molar-refractivity contribution in [3.8, 4) is 12.3 Å². The number of carbonyl (C=O) groups is 1. The van der Waals surface area contributed by atoms with Crippen LogP contribution in [0.2, 0.25) is 0 Å². The van der Waals surface area contributed by atoms with Crippen LogP contribution in [0.1, 0.15) is 22.7 Å². The molecule has 0 bridgehead atoms. The Hall–Kier alpha value is -1.79. The fourth-order valence-electron chi connectivity index (χ4n) is 1.45. The molecule has 2 N–H and O–H groups in total. The molecule has 0 amide bonds. The Kier molecular flexibility index (Phi) is 4.10. The number of nitrogens with one attached hydrogen (secondary N) is 1. The maximum absolute atomic E-state index is 11.1. The molecule has 16 heavy (non-hydrogen) atoms. The van der Waals surface area contributed by atoms with Gasteiger partial charge in [0.15, 0.2) is 0 Å². The zero-order valence-electron chi connectivity index (χ0n) is 9.45. The third kappa shape index (κ3) is 2.85. The number of rotatable bonds is 4. The first-order valence-electron chi connectivity index (χ1n) is 5.03. The van der Waals surface area contributed by atoms with Crippen LogP contribution in [-0.2, 0) is 4.79 Å². The number of aliphatic carboxylic acids is 1. The molecule has 0 spiro atoms. The number of hydrogen-bond acceptors (Lipinski definition) is 2. The molecular weight excluding hydrogens is 202 g/mol. The number of carboxylic acids is 1. The summed E-state index contributed by atoms with van der Waals surface area (Å²) >= 11 is 0. The fourth-order valence-corrected chi connectivity index (χ4v) is 1.45. The third-order valence-electron chi connectivity index (χ3n) is 2.52. The molecule has 1 unspecified atom stereocenters. The number of carboxylic acid groups (broad SMARTS) is 1. The lowest BCUT2D eigenvalue weighted by molar-refractivity contribution is -0.139. The van der Waals surface area contributed by atoms with Gasteiger partial charge in [-0.25, -0.2) is 0 Å². The van der Waals surface area contributed by atoms with Crippen molar-refractivity contribution in [1.29, 1.82) is 0 Å². The first kappa shape index (κ1) is 12.3. The maximum atomic E-state index is 11.1. The van der Waals surface area contributed by atoms with E-state index in [2.05, 4.69) is 11.2 Å². The first-order valence-corrected chi connectivity index (χ1v) is 5.03. The van der Waals surface area contributed by atoms with E-state index in [-0.39, 0.29) is 6.54 Å². The smallest absolute Gasteiger partial charge is 0.325 e. The monoisotopic (exact) mass is 217 g/mol. The number of aryl methyl sites for hydroxylation is 2. The van der Waals surface area contributed by atoms with Crippen LogP contribution in [0, 0.1) is 26.2 Å². The van der Waals surface area contributed by atoms with Crippen LogP contribution < -0.4 is 5.32 Å². The lowest BCUT2D eigenvalue weighted by Crippen LogP contribution is -2.28. The van der Waals surface area contributed by atoms with Gasteiger partial charge in [-0.2, -0.15) is 0 Å². The van der Waals surface area contributed by atoms with Gasteiger partial charge in [0.05, 0.1) is 6.54 Å². The lowest BCUT2D eigenvalue weighted by atomic mass is 10.0. The Morgan fingerprint density at radius 1 is 1.50 bits per heavy atom. The van der Waals surface area contributed by atoms with E-state index in [1.807, 2.05) is 32.0 Å². The third-order valence-corrected chi connectivity index (χ3v) is 2.52. The number of benzene rings is 1. The van der Waals surface area contributed by atoms with Crippen LogP contribution >= 0.6 is 0 Å². The number of terminal acetylenes is 1. The summed E-state index contributed by atoms with van der Waals surface area (Å²) in [4.78, 5) is 11.1. The zero-order valence-corrected chi connectivity index (χ0v) is 9.45. The molecule has 0 fully saturated rings. The van der Waals surface area contributed by atoms with E-state index in [0.717, 1.165) is 16.7 Å². The van der Waals surface area contributed by atoms with Gasteiger partial charge in [0.25, 0.3) is 0 Å². The molecule has 0 radical (unpaired) electrons. The van der Waals surface area contributed by atoms with E-state index in [1.54, 1.807) is 0 Å². The summed E-state index contributed by atoms with van der Waals surface area (Å²) in [6.45, 7) is 4.19. The van der Waals surface area contributed by atoms with Gasteiger partial charge in [-0.05, 0) is 30.5 Å². The van der Waals surface area contributed by atoms with E-state index < -0.39 is 12.0 Å². The second-order valence-corrected chi connectivity index (χ2v) is 3.70. The molecule has 3 nitrogen and oxygen atoms in total. The highest BCUT2D eigenvalue weighted by atomic mass is 16.4. The van der Waals surface area contributed by atoms with Gasteiger partial charge in [0, 0.05) is 0 Å². The normalized spacial score (nSPS) is 11.8. The van der Waals surface area contributed by atoms with Crippen molar-refractivity contribution in [2.75, 3.05) is 6.54 Å². The van der Waals surface area contributed by atoms with Crippen molar-refractivity contribution in [3.63, 3.8) is 0 Å². The van der Waals surface area contributed by atoms with Crippen LogP contribution in [0.5, 0.6) is 0 Å². The molecule has 0 aliphatic heterocycles. The Morgan fingerprint density at radius 3 is 2.69 bits per heavy atom. The van der Waals surface area contributed by atoms with Gasteiger partial charge in [-0.15, -0.1) is 6.42 Å². The Balaban J connectivity index is 2.97. The lowest BCUT2D eigenvalue weighted by Gasteiger charge is -2.14. The van der Waals surface area contributed by atoms with Crippen molar-refractivity contribution in [3.05, 3.63) is 34.9 Å². The van der Waals surface area contributed by atoms with E-state index in [4.69, 9.17) is 11.5 Å². The van der Waals surface area contributed by atoms with Gasteiger partial charge in [-0.3, -0.25) is 10.1 Å². The average molecular weight is 217 g/mol. The predicted octanol–water partition coefficient (Wildman–Crippen LogP) is 1.65. The Morgan fingerprint density at radius 2 is 2.19 bits per heavy atom. The minimum Gasteiger partial charge on any atom is -0.480 e. The van der Waals surface area contributed by atoms with Crippen molar-refractivity contribution < 1.29 is 9.90 Å². The largest absolute Gasteiger partial charge is 0.480 e. The highest BCUT2D eigenvalue weighted by molar-refractivity contribution is 5.75. The van der Waals surface area contributed by atoms with Crippen LogP contribution in [0.3, 0.4) is 0 Å². The molecule has 1 aromatic rings. The molecule has 1 rings (SSSR count). The van der Waals surface area contributed by atoms with Crippen LogP contribution in [0.15, 0.2) is 18.2 Å². The van der Waals surface area contributed by atoms with Gasteiger partial charge in [0.2, 0.25) is 0 Å². The van der Waals surface area contributed by atoms with Crippen molar-refractivity contribution in [2.45, 2.75) is 19.9 Å². The molecule has 1 aromatic carbocycles. The molecule has 0 aromatic heterocycles. The van der Waals surface area contributed by atoms with Gasteiger partial charge in [0.1, 0.15) is 6.04 Å². The van der Waals surface area contributed by atoms with Crippen LogP contribution in [0.4, 0.5) is 0 Å². The van der Waals surface area contributed by atoms with Crippen LogP contribution in [-0.4, -0.2) is 17.6 Å². The highest BCUT2D eigenvalue weighted by Crippen LogP contribution is 2.17. The number of hydrogen-bond donors (Lipinski definition) is 2.